The first-order valence-corrected chi connectivity index (χ1v) is 30.2. The maximum absolute atomic E-state index is 14.7. The van der Waals surface area contributed by atoms with E-state index in [4.69, 9.17) is 32.1 Å². The number of hydrogen-bond acceptors (Lipinski definition) is 6. The maximum Gasteiger partial charge on any atom is 0.192 e. The van der Waals surface area contributed by atoms with E-state index in [0.717, 1.165) is 36.4 Å². The molecule has 6 nitrogen and oxygen atoms in total. The molecule has 4 aromatic rings. The zero-order valence-corrected chi connectivity index (χ0v) is 42.9. The van der Waals surface area contributed by atoms with Crippen LogP contribution in [0.15, 0.2) is 94.7 Å². The maximum atomic E-state index is 14.7. The first-order chi connectivity index (χ1) is 28.3. The Hall–Kier alpha value is -2.57. The van der Waals surface area contributed by atoms with E-state index in [1.807, 2.05) is 6.92 Å². The van der Waals surface area contributed by atoms with E-state index in [0.29, 0.717) is 29.5 Å². The van der Waals surface area contributed by atoms with Gasteiger partial charge in [0.2, 0.25) is 0 Å². The minimum atomic E-state index is -4.01. The van der Waals surface area contributed by atoms with Crippen LogP contribution in [0.1, 0.15) is 96.3 Å². The first kappa shape index (κ1) is 53.8. The van der Waals surface area contributed by atoms with Crippen LogP contribution in [0.25, 0.3) is 0 Å². The topological polar surface area (TPSA) is 86.7 Å². The summed E-state index contributed by atoms with van der Waals surface area (Å²) < 4.78 is 123. The highest BCUT2D eigenvalue weighted by molar-refractivity contribution is 7.92. The lowest BCUT2D eigenvalue weighted by Crippen LogP contribution is -2.43. The fourth-order valence-electron chi connectivity index (χ4n) is 6.30. The van der Waals surface area contributed by atoms with Gasteiger partial charge < -0.3 is 8.85 Å². The normalized spacial score (nSPS) is 15.0. The molecule has 0 saturated heterocycles. The molecule has 4 atom stereocenters. The van der Waals surface area contributed by atoms with Gasteiger partial charge in [0, 0.05) is 33.9 Å². The molecule has 0 aliphatic rings. The number of sulfone groups is 2. The SMILES string of the molecule is CC(CCC(c1cc(F)ccc1F)S(=O)(=O)c1ccc(Cl)cc1)O[Si](C)(C)C(C)(C)C.CC(CCO[Si](C)(C)C(C)(C)C)C(c1cc(F)ccc1F)S(=O)(=O)c1ccc(Cl)cc1. The molecule has 0 fully saturated rings. The van der Waals surface area contributed by atoms with Crippen molar-refractivity contribution in [3.63, 3.8) is 0 Å². The lowest BCUT2D eigenvalue weighted by Gasteiger charge is -2.38. The van der Waals surface area contributed by atoms with Crippen molar-refractivity contribution in [1.29, 1.82) is 0 Å². The zero-order chi connectivity index (χ0) is 47.2. The van der Waals surface area contributed by atoms with Crippen LogP contribution < -0.4 is 0 Å². The lowest BCUT2D eigenvalue weighted by molar-refractivity contribution is 0.186. The Bertz CT molecular complexity index is 2330. The average molecular weight is 978 g/mol. The van der Waals surface area contributed by atoms with Crippen molar-refractivity contribution in [3.8, 4) is 0 Å². The van der Waals surface area contributed by atoms with E-state index in [2.05, 4.69) is 67.7 Å². The highest BCUT2D eigenvalue weighted by Gasteiger charge is 2.41. The Labute approximate surface area is 379 Å². The van der Waals surface area contributed by atoms with E-state index in [1.165, 1.54) is 48.5 Å². The van der Waals surface area contributed by atoms with E-state index in [1.54, 1.807) is 6.92 Å². The molecule has 344 valence electrons. The fraction of sp³-hybridized carbons (Fsp3) is 0.478. The van der Waals surface area contributed by atoms with Gasteiger partial charge in [-0.15, -0.1) is 0 Å². The molecule has 0 aliphatic heterocycles. The Kier molecular flexibility index (Phi) is 18.4. The fourth-order valence-corrected chi connectivity index (χ4v) is 13.0. The van der Waals surface area contributed by atoms with Crippen molar-refractivity contribution >= 4 is 59.5 Å². The minimum absolute atomic E-state index is 0.00467. The summed E-state index contributed by atoms with van der Waals surface area (Å²) in [6, 6.07) is 17.3. The Morgan fingerprint density at radius 2 is 1.00 bits per heavy atom. The highest BCUT2D eigenvalue weighted by Crippen LogP contribution is 2.42. The van der Waals surface area contributed by atoms with Crippen molar-refractivity contribution in [2.45, 2.75) is 137 Å². The number of benzene rings is 4. The van der Waals surface area contributed by atoms with Crippen LogP contribution in [0.4, 0.5) is 17.6 Å². The Morgan fingerprint density at radius 1 is 0.581 bits per heavy atom. The summed E-state index contributed by atoms with van der Waals surface area (Å²) in [5, 5.41) is -1.70. The predicted octanol–water partition coefficient (Wildman–Crippen LogP) is 14.5. The predicted molar refractivity (Wildman–Crippen MR) is 249 cm³/mol. The molecule has 4 rings (SSSR count). The molecule has 0 aromatic heterocycles. The molecule has 0 aliphatic carbocycles. The first-order valence-electron chi connectivity index (χ1n) is 20.5. The lowest BCUT2D eigenvalue weighted by atomic mass is 9.97. The van der Waals surface area contributed by atoms with Gasteiger partial charge >= 0.3 is 0 Å². The highest BCUT2D eigenvalue weighted by atomic mass is 35.5. The molecule has 0 amide bonds. The number of hydrogen-bond donors (Lipinski definition) is 0. The third-order valence-corrected chi connectivity index (χ3v) is 26.2. The van der Waals surface area contributed by atoms with Gasteiger partial charge in [-0.1, -0.05) is 71.7 Å². The molecule has 62 heavy (non-hydrogen) atoms. The van der Waals surface area contributed by atoms with Gasteiger partial charge in [-0.2, -0.15) is 0 Å². The second-order valence-corrected chi connectivity index (χ2v) is 33.5. The van der Waals surface area contributed by atoms with E-state index in [-0.39, 0.29) is 43.5 Å². The molecule has 4 aromatic carbocycles. The molecule has 0 bridgehead atoms. The van der Waals surface area contributed by atoms with Gasteiger partial charge in [0.15, 0.2) is 36.3 Å². The Morgan fingerprint density at radius 3 is 1.45 bits per heavy atom. The van der Waals surface area contributed by atoms with Crippen molar-refractivity contribution in [2.75, 3.05) is 6.61 Å². The van der Waals surface area contributed by atoms with Gasteiger partial charge in [0.25, 0.3) is 0 Å². The summed E-state index contributed by atoms with van der Waals surface area (Å²) in [6.07, 6.45) is 0.654. The van der Waals surface area contributed by atoms with Gasteiger partial charge in [-0.05, 0) is 153 Å². The second kappa shape index (κ2) is 21.2. The molecule has 0 N–H and O–H groups in total. The zero-order valence-electron chi connectivity index (χ0n) is 37.8. The van der Waals surface area contributed by atoms with Crippen LogP contribution in [-0.4, -0.2) is 46.2 Å². The largest absolute Gasteiger partial charge is 0.417 e. The van der Waals surface area contributed by atoms with Crippen LogP contribution in [0, 0.1) is 29.2 Å². The van der Waals surface area contributed by atoms with Crippen LogP contribution in [-0.2, 0) is 28.5 Å². The third-order valence-electron chi connectivity index (χ3n) is 12.1. The summed E-state index contributed by atoms with van der Waals surface area (Å²) in [5.74, 6) is -3.37. The van der Waals surface area contributed by atoms with E-state index < -0.39 is 76.0 Å². The van der Waals surface area contributed by atoms with Crippen molar-refractivity contribution in [3.05, 3.63) is 129 Å². The van der Waals surface area contributed by atoms with Gasteiger partial charge in [0.1, 0.15) is 23.3 Å². The molecule has 4 unspecified atom stereocenters. The standard InChI is InChI=1S/2C23H31ClF2O3SSi/c1-16(29-31(5,6)23(2,3)4)7-14-22(20-15-18(25)10-13-21(20)26)30(27,28)19-11-8-17(24)9-12-19;1-16(13-14-29-31(5,6)23(2,3)4)22(20-15-18(25)9-12-21(20)26)30(27,28)19-10-7-17(24)8-11-19/h8-13,15-16,22H,7,14H2,1-6H3;7-12,15-16,22H,13-14H2,1-6H3. The molecule has 16 heteroatoms. The average Bonchev–Trinajstić information content (AvgIpc) is 3.14. The molecule has 0 radical (unpaired) electrons. The summed E-state index contributed by atoms with van der Waals surface area (Å²) in [4.78, 5) is 0.0336. The summed E-state index contributed by atoms with van der Waals surface area (Å²) >= 11 is 11.8. The summed E-state index contributed by atoms with van der Waals surface area (Å²) in [5.41, 5.74) is -0.343. The monoisotopic (exact) mass is 976 g/mol. The number of rotatable bonds is 16. The molecular formula is C46H62Cl2F4O6S2Si2. The van der Waals surface area contributed by atoms with Crippen LogP contribution in [0.3, 0.4) is 0 Å². The number of halogens is 6. The minimum Gasteiger partial charge on any atom is -0.417 e. The second-order valence-electron chi connectivity index (χ2n) is 18.9. The Balaban J connectivity index is 0.000000330. The molecular weight excluding hydrogens is 916 g/mol. The molecule has 0 heterocycles. The van der Waals surface area contributed by atoms with E-state index >= 15 is 0 Å². The summed E-state index contributed by atoms with van der Waals surface area (Å²) in [6.45, 7) is 25.2. The third kappa shape index (κ3) is 14.0. The van der Waals surface area contributed by atoms with Crippen molar-refractivity contribution < 1.29 is 43.2 Å². The quantitative estimate of drug-likeness (QED) is 0.0821. The molecule has 0 spiro atoms. The molecule has 0 saturated carbocycles. The smallest absolute Gasteiger partial charge is 0.192 e. The van der Waals surface area contributed by atoms with Crippen LogP contribution in [0.5, 0.6) is 0 Å². The van der Waals surface area contributed by atoms with Gasteiger partial charge in [-0.3, -0.25) is 0 Å². The van der Waals surface area contributed by atoms with Gasteiger partial charge in [0.05, 0.1) is 20.3 Å². The van der Waals surface area contributed by atoms with Crippen LogP contribution in [0.2, 0.25) is 46.3 Å². The van der Waals surface area contributed by atoms with Gasteiger partial charge in [-0.25, -0.2) is 34.4 Å². The van der Waals surface area contributed by atoms with Crippen molar-refractivity contribution in [2.24, 2.45) is 5.92 Å². The van der Waals surface area contributed by atoms with E-state index in [9.17, 15) is 34.4 Å². The van der Waals surface area contributed by atoms with Crippen molar-refractivity contribution in [1.82, 2.24) is 0 Å². The summed E-state index contributed by atoms with van der Waals surface area (Å²) in [7, 11) is -12.1. The van der Waals surface area contributed by atoms with Crippen LogP contribution >= 0.6 is 23.2 Å².